The van der Waals surface area contributed by atoms with E-state index in [-0.39, 0.29) is 10.6 Å². The molecule has 2 heterocycles. The number of halogens is 1. The third kappa shape index (κ3) is 2.62. The van der Waals surface area contributed by atoms with Crippen molar-refractivity contribution in [2.24, 2.45) is 0 Å². The summed E-state index contributed by atoms with van der Waals surface area (Å²) >= 11 is 5.89. The van der Waals surface area contributed by atoms with Gasteiger partial charge in [-0.2, -0.15) is 0 Å². The van der Waals surface area contributed by atoms with Gasteiger partial charge in [0.05, 0.1) is 6.33 Å². The van der Waals surface area contributed by atoms with E-state index in [1.54, 1.807) is 17.3 Å². The van der Waals surface area contributed by atoms with Gasteiger partial charge in [0.15, 0.2) is 5.82 Å². The average Bonchev–Trinajstić information content (AvgIpc) is 2.34. The van der Waals surface area contributed by atoms with Gasteiger partial charge < -0.3 is 9.88 Å². The van der Waals surface area contributed by atoms with E-state index in [2.05, 4.69) is 15.0 Å². The molecule has 0 unspecified atom stereocenters. The van der Waals surface area contributed by atoms with Gasteiger partial charge in [0.25, 0.3) is 5.56 Å². The normalized spacial score (nSPS) is 10.2. The smallest absolute Gasteiger partial charge is 0.271 e. The van der Waals surface area contributed by atoms with Crippen LogP contribution in [0.1, 0.15) is 5.56 Å². The number of H-pyrrole nitrogens is 1. The van der Waals surface area contributed by atoms with E-state index in [0.29, 0.717) is 12.4 Å². The fraction of sp³-hybridized carbons (Fsp3) is 0.182. The van der Waals surface area contributed by atoms with Gasteiger partial charge in [-0.25, -0.2) is 4.98 Å². The van der Waals surface area contributed by atoms with Gasteiger partial charge in [0.1, 0.15) is 5.02 Å². The number of nitrogens with zero attached hydrogens (tertiary/aromatic N) is 3. The number of hydrogen-bond acceptors (Lipinski definition) is 4. The Morgan fingerprint density at radius 2 is 2.35 bits per heavy atom. The largest absolute Gasteiger partial charge is 0.354 e. The first-order valence-electron chi connectivity index (χ1n) is 5.01. The summed E-state index contributed by atoms with van der Waals surface area (Å²) in [7, 11) is 1.82. The Hall–Kier alpha value is -1.88. The summed E-state index contributed by atoms with van der Waals surface area (Å²) in [6, 6.07) is 3.81. The zero-order valence-corrected chi connectivity index (χ0v) is 9.98. The second-order valence-corrected chi connectivity index (χ2v) is 3.96. The van der Waals surface area contributed by atoms with Crippen molar-refractivity contribution in [1.29, 1.82) is 0 Å². The molecule has 0 saturated carbocycles. The lowest BCUT2D eigenvalue weighted by Gasteiger charge is -2.18. The first-order chi connectivity index (χ1) is 8.18. The fourth-order valence-corrected chi connectivity index (χ4v) is 1.73. The average molecular weight is 251 g/mol. The number of anilines is 1. The van der Waals surface area contributed by atoms with Crippen molar-refractivity contribution in [3.8, 4) is 0 Å². The first kappa shape index (κ1) is 11.6. The van der Waals surface area contributed by atoms with Crippen molar-refractivity contribution in [2.75, 3.05) is 11.9 Å². The number of aromatic nitrogens is 3. The second-order valence-electron chi connectivity index (χ2n) is 3.59. The molecule has 2 aromatic rings. The quantitative estimate of drug-likeness (QED) is 0.896. The van der Waals surface area contributed by atoms with E-state index in [0.717, 1.165) is 5.56 Å². The number of rotatable bonds is 3. The molecule has 0 aliphatic rings. The molecule has 2 rings (SSSR count). The molecule has 6 heteroatoms. The Labute approximate surface area is 103 Å². The Morgan fingerprint density at radius 3 is 3.06 bits per heavy atom. The minimum atomic E-state index is -0.338. The van der Waals surface area contributed by atoms with Crippen molar-refractivity contribution < 1.29 is 0 Å². The van der Waals surface area contributed by atoms with Crippen LogP contribution in [0.25, 0.3) is 0 Å². The summed E-state index contributed by atoms with van der Waals surface area (Å²) in [5.74, 6) is 0.458. The predicted octanol–water partition coefficient (Wildman–Crippen LogP) is 1.45. The molecule has 0 radical (unpaired) electrons. The number of hydrogen-bond donors (Lipinski definition) is 1. The highest BCUT2D eigenvalue weighted by Gasteiger charge is 2.10. The highest BCUT2D eigenvalue weighted by atomic mass is 35.5. The van der Waals surface area contributed by atoms with Crippen LogP contribution in [0.2, 0.25) is 5.02 Å². The van der Waals surface area contributed by atoms with Gasteiger partial charge in [0, 0.05) is 26.0 Å². The molecule has 0 aliphatic heterocycles. The van der Waals surface area contributed by atoms with Crippen LogP contribution in [0, 0.1) is 0 Å². The lowest BCUT2D eigenvalue weighted by atomic mass is 10.3. The van der Waals surface area contributed by atoms with Gasteiger partial charge in [-0.15, -0.1) is 0 Å². The molecule has 0 aromatic carbocycles. The van der Waals surface area contributed by atoms with Crippen LogP contribution in [-0.4, -0.2) is 22.0 Å². The molecule has 0 amide bonds. The molecule has 1 N–H and O–H groups in total. The van der Waals surface area contributed by atoms with Crippen molar-refractivity contribution >= 4 is 17.4 Å². The standard InChI is InChI=1S/C11H11ClN4O/c1-16(6-8-3-2-4-13-5-8)10-9(12)11(17)15-7-14-10/h2-5,7H,6H2,1H3,(H,14,15,17). The minimum Gasteiger partial charge on any atom is -0.354 e. The summed E-state index contributed by atoms with van der Waals surface area (Å²) in [5, 5.41) is 0.0962. The molecular formula is C11H11ClN4O. The molecule has 0 fully saturated rings. The van der Waals surface area contributed by atoms with Crippen LogP contribution in [0.3, 0.4) is 0 Å². The Bertz CT molecular complexity index is 555. The highest BCUT2D eigenvalue weighted by Crippen LogP contribution is 2.18. The van der Waals surface area contributed by atoms with E-state index in [4.69, 9.17) is 11.6 Å². The molecule has 0 saturated heterocycles. The van der Waals surface area contributed by atoms with Crippen molar-refractivity contribution in [3.05, 3.63) is 51.8 Å². The summed E-state index contributed by atoms with van der Waals surface area (Å²) in [4.78, 5) is 23.6. The van der Waals surface area contributed by atoms with Gasteiger partial charge in [-0.05, 0) is 11.6 Å². The van der Waals surface area contributed by atoms with Gasteiger partial charge in [-0.3, -0.25) is 9.78 Å². The number of pyridine rings is 1. The molecule has 5 nitrogen and oxygen atoms in total. The van der Waals surface area contributed by atoms with E-state index in [9.17, 15) is 4.79 Å². The lowest BCUT2D eigenvalue weighted by Crippen LogP contribution is -2.21. The van der Waals surface area contributed by atoms with Crippen LogP contribution < -0.4 is 10.5 Å². The molecule has 0 bridgehead atoms. The topological polar surface area (TPSA) is 61.9 Å². The summed E-state index contributed by atoms with van der Waals surface area (Å²) in [6.45, 7) is 0.587. The predicted molar refractivity (Wildman–Crippen MR) is 66.2 cm³/mol. The number of aromatic amines is 1. The van der Waals surface area contributed by atoms with Crippen LogP contribution >= 0.6 is 11.6 Å². The van der Waals surface area contributed by atoms with Crippen LogP contribution in [0.15, 0.2) is 35.6 Å². The van der Waals surface area contributed by atoms with E-state index in [1.807, 2.05) is 19.2 Å². The maximum atomic E-state index is 11.3. The van der Waals surface area contributed by atoms with Crippen molar-refractivity contribution in [3.63, 3.8) is 0 Å². The second kappa shape index (κ2) is 4.97. The molecule has 17 heavy (non-hydrogen) atoms. The molecule has 0 aliphatic carbocycles. The zero-order chi connectivity index (χ0) is 12.3. The molecular weight excluding hydrogens is 240 g/mol. The molecule has 88 valence electrons. The molecule has 2 aromatic heterocycles. The molecule has 0 spiro atoms. The summed E-state index contributed by atoms with van der Waals surface area (Å²) < 4.78 is 0. The Morgan fingerprint density at radius 1 is 1.53 bits per heavy atom. The summed E-state index contributed by atoms with van der Waals surface area (Å²) in [5.41, 5.74) is 0.683. The maximum Gasteiger partial charge on any atom is 0.271 e. The Kier molecular flexibility index (Phi) is 3.39. The van der Waals surface area contributed by atoms with E-state index in [1.165, 1.54) is 6.33 Å². The van der Waals surface area contributed by atoms with Crippen LogP contribution in [0.4, 0.5) is 5.82 Å². The SMILES string of the molecule is CN(Cc1cccnc1)c1nc[nH]c(=O)c1Cl. The zero-order valence-electron chi connectivity index (χ0n) is 9.22. The van der Waals surface area contributed by atoms with Crippen LogP contribution in [0.5, 0.6) is 0 Å². The van der Waals surface area contributed by atoms with Crippen molar-refractivity contribution in [1.82, 2.24) is 15.0 Å². The minimum absolute atomic E-state index is 0.0962. The van der Waals surface area contributed by atoms with E-state index >= 15 is 0 Å². The van der Waals surface area contributed by atoms with Crippen molar-refractivity contribution in [2.45, 2.75) is 6.54 Å². The highest BCUT2D eigenvalue weighted by molar-refractivity contribution is 6.32. The molecule has 0 atom stereocenters. The first-order valence-corrected chi connectivity index (χ1v) is 5.39. The van der Waals surface area contributed by atoms with Gasteiger partial charge in [-0.1, -0.05) is 17.7 Å². The third-order valence-corrected chi connectivity index (χ3v) is 2.62. The maximum absolute atomic E-state index is 11.3. The Balaban J connectivity index is 2.23. The lowest BCUT2D eigenvalue weighted by molar-refractivity contribution is 0.881. The van der Waals surface area contributed by atoms with Gasteiger partial charge >= 0.3 is 0 Å². The monoisotopic (exact) mass is 250 g/mol. The van der Waals surface area contributed by atoms with Crippen LogP contribution in [-0.2, 0) is 6.54 Å². The summed E-state index contributed by atoms with van der Waals surface area (Å²) in [6.07, 6.45) is 4.81. The van der Waals surface area contributed by atoms with E-state index < -0.39 is 0 Å². The third-order valence-electron chi connectivity index (χ3n) is 2.28. The fourth-order valence-electron chi connectivity index (χ4n) is 1.48. The number of nitrogens with one attached hydrogen (secondary N) is 1. The van der Waals surface area contributed by atoms with Gasteiger partial charge in [0.2, 0.25) is 0 Å².